The Labute approximate surface area is 115 Å². The van der Waals surface area contributed by atoms with Crippen molar-refractivity contribution in [1.82, 2.24) is 10.2 Å². The molecule has 2 rings (SSSR count). The van der Waals surface area contributed by atoms with E-state index in [9.17, 15) is 4.79 Å². The summed E-state index contributed by atoms with van der Waals surface area (Å²) in [5, 5.41) is 3.36. The molecule has 0 saturated carbocycles. The third-order valence-corrected chi connectivity index (χ3v) is 3.67. The van der Waals surface area contributed by atoms with E-state index in [1.165, 1.54) is 0 Å². The molecule has 1 saturated heterocycles. The van der Waals surface area contributed by atoms with E-state index in [0.29, 0.717) is 11.7 Å². The molecule has 1 amide bonds. The summed E-state index contributed by atoms with van der Waals surface area (Å²) < 4.78 is 5.46. The molecule has 0 aliphatic carbocycles. The fourth-order valence-corrected chi connectivity index (χ4v) is 2.63. The first-order valence-electron chi connectivity index (χ1n) is 7.27. The summed E-state index contributed by atoms with van der Waals surface area (Å²) in [6.45, 7) is 7.78. The molecule has 1 fully saturated rings. The zero-order valence-corrected chi connectivity index (χ0v) is 11.9. The molecule has 1 aromatic heterocycles. The molecular weight excluding hydrogens is 240 g/mol. The van der Waals surface area contributed by atoms with E-state index in [2.05, 4.69) is 12.2 Å². The number of furan rings is 1. The van der Waals surface area contributed by atoms with Crippen molar-refractivity contribution in [1.29, 1.82) is 0 Å². The molecule has 1 aliphatic rings. The van der Waals surface area contributed by atoms with Gasteiger partial charge in [-0.2, -0.15) is 0 Å². The highest BCUT2D eigenvalue weighted by Gasteiger charge is 2.22. The van der Waals surface area contributed by atoms with Crippen LogP contribution in [-0.2, 0) is 0 Å². The molecule has 2 heterocycles. The molecule has 0 radical (unpaired) electrons. The maximum atomic E-state index is 12.4. The normalized spacial score (nSPS) is 16.5. The van der Waals surface area contributed by atoms with E-state index in [4.69, 9.17) is 4.42 Å². The number of hydrogen-bond donors (Lipinski definition) is 1. The second-order valence-electron chi connectivity index (χ2n) is 5.35. The van der Waals surface area contributed by atoms with E-state index in [-0.39, 0.29) is 5.91 Å². The van der Waals surface area contributed by atoms with Gasteiger partial charge in [-0.15, -0.1) is 0 Å². The van der Waals surface area contributed by atoms with Crippen LogP contribution in [-0.4, -0.2) is 37.0 Å². The molecule has 0 bridgehead atoms. The summed E-state index contributed by atoms with van der Waals surface area (Å²) >= 11 is 0. The van der Waals surface area contributed by atoms with Crippen LogP contribution in [0.15, 0.2) is 16.5 Å². The monoisotopic (exact) mass is 264 g/mol. The van der Waals surface area contributed by atoms with Crippen molar-refractivity contribution < 1.29 is 9.21 Å². The summed E-state index contributed by atoms with van der Waals surface area (Å²) in [5.41, 5.74) is 0. The van der Waals surface area contributed by atoms with Gasteiger partial charge in [-0.25, -0.2) is 0 Å². The average molecular weight is 264 g/mol. The lowest BCUT2D eigenvalue weighted by Gasteiger charge is -2.29. The summed E-state index contributed by atoms with van der Waals surface area (Å²) in [6, 6.07) is 3.63. The van der Waals surface area contributed by atoms with E-state index >= 15 is 0 Å². The zero-order chi connectivity index (χ0) is 13.7. The predicted octanol–water partition coefficient (Wildman–Crippen LogP) is 2.44. The molecular formula is C15H24N2O2. The number of amides is 1. The molecule has 1 aromatic rings. The Kier molecular flexibility index (Phi) is 5.02. The maximum Gasteiger partial charge on any atom is 0.289 e. The predicted molar refractivity (Wildman–Crippen MR) is 75.2 cm³/mol. The van der Waals surface area contributed by atoms with Gasteiger partial charge in [0, 0.05) is 13.1 Å². The Morgan fingerprint density at radius 1 is 1.42 bits per heavy atom. The van der Waals surface area contributed by atoms with Crippen LogP contribution in [0, 0.1) is 12.8 Å². The van der Waals surface area contributed by atoms with Gasteiger partial charge in [-0.1, -0.05) is 6.92 Å². The minimum atomic E-state index is 0.0356. The number of carbonyl (C=O) groups excluding carboxylic acids is 1. The lowest BCUT2D eigenvalue weighted by atomic mass is 9.97. The maximum absolute atomic E-state index is 12.4. The Morgan fingerprint density at radius 3 is 2.74 bits per heavy atom. The Morgan fingerprint density at radius 2 is 2.16 bits per heavy atom. The number of carbonyl (C=O) groups is 1. The highest BCUT2D eigenvalue weighted by atomic mass is 16.3. The topological polar surface area (TPSA) is 45.5 Å². The van der Waals surface area contributed by atoms with Crippen molar-refractivity contribution in [3.8, 4) is 0 Å². The molecule has 1 aliphatic heterocycles. The van der Waals surface area contributed by atoms with Gasteiger partial charge in [0.2, 0.25) is 0 Å². The molecule has 0 unspecified atom stereocenters. The summed E-state index contributed by atoms with van der Waals surface area (Å²) in [4.78, 5) is 14.4. The smallest absolute Gasteiger partial charge is 0.289 e. The van der Waals surface area contributed by atoms with Crippen LogP contribution in [0.3, 0.4) is 0 Å². The number of hydrogen-bond acceptors (Lipinski definition) is 3. The van der Waals surface area contributed by atoms with Crippen LogP contribution in [0.25, 0.3) is 0 Å². The Balaban J connectivity index is 1.99. The number of aryl methyl sites for hydroxylation is 1. The first kappa shape index (κ1) is 14.1. The van der Waals surface area contributed by atoms with Crippen molar-refractivity contribution in [2.75, 3.05) is 26.2 Å². The van der Waals surface area contributed by atoms with Crippen molar-refractivity contribution in [2.45, 2.75) is 33.1 Å². The Bertz CT molecular complexity index is 408. The minimum Gasteiger partial charge on any atom is -0.456 e. The van der Waals surface area contributed by atoms with E-state index < -0.39 is 0 Å². The molecule has 0 atom stereocenters. The molecule has 4 heteroatoms. The van der Waals surface area contributed by atoms with Crippen LogP contribution in [0.5, 0.6) is 0 Å². The Hall–Kier alpha value is -1.29. The van der Waals surface area contributed by atoms with Crippen LogP contribution >= 0.6 is 0 Å². The SMILES string of the molecule is CCCN(CC1CCNCC1)C(=O)c1ccc(C)o1. The van der Waals surface area contributed by atoms with Gasteiger partial charge >= 0.3 is 0 Å². The fourth-order valence-electron chi connectivity index (χ4n) is 2.63. The highest BCUT2D eigenvalue weighted by molar-refractivity contribution is 5.91. The van der Waals surface area contributed by atoms with Crippen molar-refractivity contribution >= 4 is 5.91 Å². The largest absolute Gasteiger partial charge is 0.456 e. The first-order valence-corrected chi connectivity index (χ1v) is 7.27. The van der Waals surface area contributed by atoms with Gasteiger partial charge in [0.05, 0.1) is 0 Å². The second kappa shape index (κ2) is 6.75. The molecule has 19 heavy (non-hydrogen) atoms. The van der Waals surface area contributed by atoms with Crippen LogP contribution < -0.4 is 5.32 Å². The second-order valence-corrected chi connectivity index (χ2v) is 5.35. The molecule has 106 valence electrons. The number of piperidine rings is 1. The summed E-state index contributed by atoms with van der Waals surface area (Å²) in [5.74, 6) is 1.92. The van der Waals surface area contributed by atoms with Gasteiger partial charge in [0.25, 0.3) is 5.91 Å². The third kappa shape index (κ3) is 3.83. The van der Waals surface area contributed by atoms with Gasteiger partial charge < -0.3 is 14.6 Å². The summed E-state index contributed by atoms with van der Waals surface area (Å²) in [7, 11) is 0. The van der Waals surface area contributed by atoms with Gasteiger partial charge in [-0.3, -0.25) is 4.79 Å². The minimum absolute atomic E-state index is 0.0356. The van der Waals surface area contributed by atoms with Gasteiger partial charge in [-0.05, 0) is 57.3 Å². The zero-order valence-electron chi connectivity index (χ0n) is 11.9. The van der Waals surface area contributed by atoms with Crippen LogP contribution in [0.1, 0.15) is 42.5 Å². The van der Waals surface area contributed by atoms with Crippen molar-refractivity contribution in [3.05, 3.63) is 23.7 Å². The van der Waals surface area contributed by atoms with Crippen LogP contribution in [0.4, 0.5) is 0 Å². The lowest BCUT2D eigenvalue weighted by molar-refractivity contribution is 0.0683. The van der Waals surface area contributed by atoms with E-state index in [1.807, 2.05) is 17.9 Å². The molecule has 1 N–H and O–H groups in total. The van der Waals surface area contributed by atoms with Crippen molar-refractivity contribution in [3.63, 3.8) is 0 Å². The quantitative estimate of drug-likeness (QED) is 0.888. The van der Waals surface area contributed by atoms with E-state index in [1.54, 1.807) is 6.07 Å². The van der Waals surface area contributed by atoms with E-state index in [0.717, 1.165) is 51.2 Å². The lowest BCUT2D eigenvalue weighted by Crippen LogP contribution is -2.39. The molecule has 0 spiro atoms. The number of rotatable bonds is 5. The molecule has 0 aromatic carbocycles. The number of nitrogens with zero attached hydrogens (tertiary/aromatic N) is 1. The number of nitrogens with one attached hydrogen (secondary N) is 1. The van der Waals surface area contributed by atoms with Gasteiger partial charge in [0.1, 0.15) is 5.76 Å². The summed E-state index contributed by atoms with van der Waals surface area (Å²) in [6.07, 6.45) is 3.30. The third-order valence-electron chi connectivity index (χ3n) is 3.67. The molecule has 4 nitrogen and oxygen atoms in total. The highest BCUT2D eigenvalue weighted by Crippen LogP contribution is 2.17. The fraction of sp³-hybridized carbons (Fsp3) is 0.667. The average Bonchev–Trinajstić information content (AvgIpc) is 2.85. The first-order chi connectivity index (χ1) is 9.20. The standard InChI is InChI=1S/C15H24N2O2/c1-3-10-17(11-13-6-8-16-9-7-13)15(18)14-5-4-12(2)19-14/h4-5,13,16H,3,6-11H2,1-2H3. The van der Waals surface area contributed by atoms with Crippen LogP contribution in [0.2, 0.25) is 0 Å². The van der Waals surface area contributed by atoms with Crippen molar-refractivity contribution in [2.24, 2.45) is 5.92 Å². The van der Waals surface area contributed by atoms with Gasteiger partial charge in [0.15, 0.2) is 5.76 Å².